The summed E-state index contributed by atoms with van der Waals surface area (Å²) in [5.74, 6) is 0.000324. The van der Waals surface area contributed by atoms with Crippen molar-refractivity contribution in [3.05, 3.63) is 22.1 Å². The fraction of sp³-hybridized carbons (Fsp3) is 0.688. The van der Waals surface area contributed by atoms with Gasteiger partial charge in [0.2, 0.25) is 5.91 Å². The van der Waals surface area contributed by atoms with E-state index in [0.29, 0.717) is 36.8 Å². The Morgan fingerprint density at radius 3 is 2.88 bits per heavy atom. The molecule has 0 spiro atoms. The summed E-state index contributed by atoms with van der Waals surface area (Å²) in [6.45, 7) is 2.69. The van der Waals surface area contributed by atoms with Crippen LogP contribution in [0.2, 0.25) is 0 Å². The lowest BCUT2D eigenvalue weighted by Gasteiger charge is -2.27. The van der Waals surface area contributed by atoms with Crippen LogP contribution in [0, 0.1) is 0 Å². The molecule has 1 atom stereocenters. The highest BCUT2D eigenvalue weighted by atomic mass is 32.2. The first-order valence-corrected chi connectivity index (χ1v) is 11.4. The number of amides is 1. The maximum atomic E-state index is 12.7. The van der Waals surface area contributed by atoms with E-state index in [1.165, 1.54) is 13.2 Å². The van der Waals surface area contributed by atoms with E-state index in [9.17, 15) is 18.0 Å². The highest BCUT2D eigenvalue weighted by Crippen LogP contribution is 2.20. The highest BCUT2D eigenvalue weighted by Gasteiger charge is 2.34. The van der Waals surface area contributed by atoms with Crippen LogP contribution in [0.5, 0.6) is 0 Å². The second-order valence-electron chi connectivity index (χ2n) is 6.22. The Morgan fingerprint density at radius 2 is 2.27 bits per heavy atom. The Kier molecular flexibility index (Phi) is 7.66. The normalized spacial score (nSPS) is 18.8. The predicted octanol–water partition coefficient (Wildman–Crippen LogP) is 0.477. The molecule has 0 aromatic carbocycles. The number of rotatable bonds is 9. The zero-order chi connectivity index (χ0) is 19.2. The summed E-state index contributed by atoms with van der Waals surface area (Å²) in [6, 6.07) is 1.14. The van der Waals surface area contributed by atoms with Crippen molar-refractivity contribution < 1.29 is 17.9 Å². The Morgan fingerprint density at radius 1 is 1.50 bits per heavy atom. The molecule has 0 unspecified atom stereocenters. The van der Waals surface area contributed by atoms with Gasteiger partial charge in [0.1, 0.15) is 0 Å². The third kappa shape index (κ3) is 6.10. The van der Waals surface area contributed by atoms with Gasteiger partial charge in [0, 0.05) is 31.5 Å². The average Bonchev–Trinajstić information content (AvgIpc) is 2.93. The van der Waals surface area contributed by atoms with E-state index < -0.39 is 9.84 Å². The molecule has 1 aromatic rings. The van der Waals surface area contributed by atoms with Crippen LogP contribution in [0.15, 0.2) is 16.0 Å². The summed E-state index contributed by atoms with van der Waals surface area (Å²) in [7, 11) is -1.55. The molecule has 26 heavy (non-hydrogen) atoms. The summed E-state index contributed by atoms with van der Waals surface area (Å²) in [4.78, 5) is 32.9. The number of carbonyl (C=O) groups is 1. The molecule has 0 saturated carbocycles. The number of methoxy groups -OCH3 is 1. The maximum absolute atomic E-state index is 12.7. The highest BCUT2D eigenvalue weighted by molar-refractivity contribution is 7.99. The van der Waals surface area contributed by atoms with Crippen molar-refractivity contribution in [2.45, 2.75) is 37.4 Å². The van der Waals surface area contributed by atoms with Crippen LogP contribution in [-0.2, 0) is 25.8 Å². The molecule has 1 aromatic heterocycles. The Labute approximate surface area is 157 Å². The lowest BCUT2D eigenvalue weighted by Crippen LogP contribution is -2.44. The van der Waals surface area contributed by atoms with Crippen molar-refractivity contribution in [1.82, 2.24) is 14.9 Å². The molecule has 0 radical (unpaired) electrons. The van der Waals surface area contributed by atoms with E-state index in [2.05, 4.69) is 9.97 Å². The van der Waals surface area contributed by atoms with Crippen molar-refractivity contribution in [2.75, 3.05) is 37.5 Å². The molecule has 0 bridgehead atoms. The molecule has 8 nitrogen and oxygen atoms in total. The third-order valence-corrected chi connectivity index (χ3v) is 6.73. The Balaban J connectivity index is 2.04. The Hall–Kier alpha value is -1.39. The van der Waals surface area contributed by atoms with Crippen LogP contribution >= 0.6 is 11.8 Å². The van der Waals surface area contributed by atoms with Gasteiger partial charge in [-0.3, -0.25) is 9.59 Å². The number of nitrogens with one attached hydrogen (secondary N) is 1. The molecule has 0 aliphatic carbocycles. The van der Waals surface area contributed by atoms with Crippen LogP contribution in [0.25, 0.3) is 0 Å². The van der Waals surface area contributed by atoms with E-state index in [1.807, 2.05) is 6.92 Å². The van der Waals surface area contributed by atoms with Crippen molar-refractivity contribution in [3.63, 3.8) is 0 Å². The molecule has 10 heteroatoms. The van der Waals surface area contributed by atoms with Crippen LogP contribution < -0.4 is 5.56 Å². The van der Waals surface area contributed by atoms with Gasteiger partial charge < -0.3 is 14.6 Å². The summed E-state index contributed by atoms with van der Waals surface area (Å²) in [5, 5.41) is 0.403. The predicted molar refractivity (Wildman–Crippen MR) is 100 cm³/mol. The SMILES string of the molecule is CCCc1cc(=O)[nH]c(SCC(=O)N(CCOC)[C@H]2CCS(=O)(=O)C2)n1. The molecule has 1 aliphatic rings. The second kappa shape index (κ2) is 9.52. The molecule has 2 rings (SSSR count). The number of aromatic nitrogens is 2. The number of aromatic amines is 1. The van der Waals surface area contributed by atoms with Gasteiger partial charge in [-0.15, -0.1) is 0 Å². The van der Waals surface area contributed by atoms with E-state index in [0.717, 1.165) is 18.2 Å². The number of sulfone groups is 1. The maximum Gasteiger partial charge on any atom is 0.251 e. The summed E-state index contributed by atoms with van der Waals surface area (Å²) >= 11 is 1.16. The molecule has 1 aliphatic heterocycles. The fourth-order valence-corrected chi connectivity index (χ4v) is 5.38. The monoisotopic (exact) mass is 403 g/mol. The zero-order valence-corrected chi connectivity index (χ0v) is 16.7. The molecule has 2 heterocycles. The Bertz CT molecular complexity index is 778. The van der Waals surface area contributed by atoms with Gasteiger partial charge in [0.05, 0.1) is 23.9 Å². The number of hydrogen-bond donors (Lipinski definition) is 1. The number of ether oxygens (including phenoxy) is 1. The second-order valence-corrected chi connectivity index (χ2v) is 9.41. The summed E-state index contributed by atoms with van der Waals surface area (Å²) in [5.41, 5.74) is 0.459. The van der Waals surface area contributed by atoms with Gasteiger partial charge in [0.25, 0.3) is 5.56 Å². The number of carbonyl (C=O) groups excluding carboxylic acids is 1. The van der Waals surface area contributed by atoms with Gasteiger partial charge in [-0.25, -0.2) is 13.4 Å². The van der Waals surface area contributed by atoms with Crippen molar-refractivity contribution >= 4 is 27.5 Å². The first kappa shape index (κ1) is 20.9. The average molecular weight is 404 g/mol. The van der Waals surface area contributed by atoms with Gasteiger partial charge in [-0.05, 0) is 12.8 Å². The molecule has 1 N–H and O–H groups in total. The van der Waals surface area contributed by atoms with Crippen molar-refractivity contribution in [3.8, 4) is 0 Å². The molecule has 1 amide bonds. The van der Waals surface area contributed by atoms with Gasteiger partial charge in [-0.2, -0.15) is 0 Å². The molecule has 1 saturated heterocycles. The number of aryl methyl sites for hydroxylation is 1. The minimum absolute atomic E-state index is 0.00576. The van der Waals surface area contributed by atoms with E-state index >= 15 is 0 Å². The summed E-state index contributed by atoms with van der Waals surface area (Å²) < 4.78 is 28.5. The van der Waals surface area contributed by atoms with Crippen LogP contribution in [0.4, 0.5) is 0 Å². The van der Waals surface area contributed by atoms with Crippen LogP contribution in [0.1, 0.15) is 25.5 Å². The molecular weight excluding hydrogens is 378 g/mol. The minimum atomic E-state index is -3.09. The molecule has 146 valence electrons. The first-order chi connectivity index (χ1) is 12.3. The number of thioether (sulfide) groups is 1. The third-order valence-electron chi connectivity index (χ3n) is 4.12. The van der Waals surface area contributed by atoms with Gasteiger partial charge >= 0.3 is 0 Å². The number of hydrogen-bond acceptors (Lipinski definition) is 7. The van der Waals surface area contributed by atoms with E-state index in [1.54, 1.807) is 4.90 Å². The standard InChI is InChI=1S/C16H25N3O5S2/c1-3-4-12-9-14(20)18-16(17-12)25-10-15(21)19(6-7-24-2)13-5-8-26(22,23)11-13/h9,13H,3-8,10-11H2,1-2H3,(H,17,18,20)/t13-/m0/s1. The van der Waals surface area contributed by atoms with E-state index in [4.69, 9.17) is 4.74 Å². The fourth-order valence-electron chi connectivity index (χ4n) is 2.87. The lowest BCUT2D eigenvalue weighted by atomic mass is 10.2. The van der Waals surface area contributed by atoms with Crippen LogP contribution in [-0.4, -0.2) is 72.8 Å². The van der Waals surface area contributed by atoms with Crippen LogP contribution in [0.3, 0.4) is 0 Å². The largest absolute Gasteiger partial charge is 0.383 e. The smallest absolute Gasteiger partial charge is 0.251 e. The molecular formula is C16H25N3O5S2. The van der Waals surface area contributed by atoms with Crippen molar-refractivity contribution in [1.29, 1.82) is 0 Å². The zero-order valence-electron chi connectivity index (χ0n) is 15.1. The quantitative estimate of drug-likeness (QED) is 0.472. The molecule has 1 fully saturated rings. The summed E-state index contributed by atoms with van der Waals surface area (Å²) in [6.07, 6.45) is 2.02. The minimum Gasteiger partial charge on any atom is -0.383 e. The number of nitrogens with zero attached hydrogens (tertiary/aromatic N) is 2. The number of H-pyrrole nitrogens is 1. The van der Waals surface area contributed by atoms with Gasteiger partial charge in [-0.1, -0.05) is 25.1 Å². The van der Waals surface area contributed by atoms with Crippen molar-refractivity contribution in [2.24, 2.45) is 0 Å². The topological polar surface area (TPSA) is 109 Å². The lowest BCUT2D eigenvalue weighted by molar-refractivity contribution is -0.130. The van der Waals surface area contributed by atoms with Gasteiger partial charge in [0.15, 0.2) is 15.0 Å². The first-order valence-electron chi connectivity index (χ1n) is 8.56. The van der Waals surface area contributed by atoms with E-state index in [-0.39, 0.29) is 34.8 Å².